The Balaban J connectivity index is 1.98. The summed E-state index contributed by atoms with van der Waals surface area (Å²) in [5, 5.41) is 0. The van der Waals surface area contributed by atoms with E-state index in [0.717, 1.165) is 29.9 Å². The van der Waals surface area contributed by atoms with Gasteiger partial charge in [-0.05, 0) is 18.6 Å². The average Bonchev–Trinajstić information content (AvgIpc) is 2.99. The molecule has 0 spiro atoms. The van der Waals surface area contributed by atoms with Crippen LogP contribution in [0.3, 0.4) is 0 Å². The van der Waals surface area contributed by atoms with Gasteiger partial charge in [-0.15, -0.1) is 0 Å². The summed E-state index contributed by atoms with van der Waals surface area (Å²) < 4.78 is 7.48. The number of ether oxygens (including phenoxy) is 1. The van der Waals surface area contributed by atoms with Crippen LogP contribution in [0.5, 0.6) is 0 Å². The van der Waals surface area contributed by atoms with Crippen molar-refractivity contribution in [2.45, 2.75) is 19.1 Å². The first-order valence-corrected chi connectivity index (χ1v) is 6.13. The van der Waals surface area contributed by atoms with Gasteiger partial charge in [0, 0.05) is 24.9 Å². The molecular formula is C15H15NO2. The number of carbonyl (C=O) groups is 1. The monoisotopic (exact) mass is 241 g/mol. The molecule has 0 saturated heterocycles. The van der Waals surface area contributed by atoms with Crippen molar-refractivity contribution in [2.75, 3.05) is 7.11 Å². The van der Waals surface area contributed by atoms with Crippen LogP contribution in [0.2, 0.25) is 0 Å². The topological polar surface area (TPSA) is 31.2 Å². The lowest BCUT2D eigenvalue weighted by Crippen LogP contribution is -2.08. The zero-order valence-corrected chi connectivity index (χ0v) is 10.3. The van der Waals surface area contributed by atoms with E-state index in [1.807, 2.05) is 42.5 Å². The highest BCUT2D eigenvalue weighted by molar-refractivity contribution is 6.08. The Labute approximate surface area is 106 Å². The molecule has 1 aliphatic heterocycles. The number of benzene rings is 1. The van der Waals surface area contributed by atoms with E-state index in [1.54, 1.807) is 7.11 Å². The summed E-state index contributed by atoms with van der Waals surface area (Å²) in [5.41, 5.74) is 2.60. The molecule has 1 atom stereocenters. The van der Waals surface area contributed by atoms with Crippen LogP contribution in [-0.4, -0.2) is 17.5 Å². The molecule has 1 unspecified atom stereocenters. The molecule has 3 rings (SSSR count). The number of hydrogen-bond acceptors (Lipinski definition) is 2. The van der Waals surface area contributed by atoms with Gasteiger partial charge in [0.1, 0.15) is 0 Å². The first-order valence-electron chi connectivity index (χ1n) is 6.13. The van der Waals surface area contributed by atoms with Gasteiger partial charge in [-0.25, -0.2) is 0 Å². The van der Waals surface area contributed by atoms with Crippen molar-refractivity contribution < 1.29 is 9.53 Å². The predicted molar refractivity (Wildman–Crippen MR) is 68.7 cm³/mol. The van der Waals surface area contributed by atoms with Crippen LogP contribution in [0.1, 0.15) is 34.3 Å². The van der Waals surface area contributed by atoms with Gasteiger partial charge in [0.2, 0.25) is 5.78 Å². The lowest BCUT2D eigenvalue weighted by atomic mass is 10.1. The van der Waals surface area contributed by atoms with E-state index >= 15 is 0 Å². The summed E-state index contributed by atoms with van der Waals surface area (Å²) in [6, 6.07) is 13.3. The fraction of sp³-hybridized carbons (Fsp3) is 0.267. The SMILES string of the molecule is COC1CCn2c(C(=O)c3ccccc3)ccc21. The number of nitrogens with zero attached hydrogens (tertiary/aromatic N) is 1. The van der Waals surface area contributed by atoms with Crippen molar-refractivity contribution in [2.24, 2.45) is 0 Å². The Kier molecular flexibility index (Phi) is 2.76. The van der Waals surface area contributed by atoms with Gasteiger partial charge in [0.05, 0.1) is 11.8 Å². The molecule has 1 aromatic heterocycles. The zero-order chi connectivity index (χ0) is 12.5. The fourth-order valence-electron chi connectivity index (χ4n) is 2.58. The number of rotatable bonds is 3. The Morgan fingerprint density at radius 1 is 1.22 bits per heavy atom. The number of carbonyl (C=O) groups excluding carboxylic acids is 1. The second-order valence-corrected chi connectivity index (χ2v) is 4.50. The van der Waals surface area contributed by atoms with Crippen LogP contribution in [0.25, 0.3) is 0 Å². The van der Waals surface area contributed by atoms with E-state index in [9.17, 15) is 4.79 Å². The number of methoxy groups -OCH3 is 1. The van der Waals surface area contributed by atoms with E-state index in [1.165, 1.54) is 0 Å². The minimum Gasteiger partial charge on any atom is -0.375 e. The summed E-state index contributed by atoms with van der Waals surface area (Å²) in [6.45, 7) is 0.856. The van der Waals surface area contributed by atoms with Crippen molar-refractivity contribution in [3.8, 4) is 0 Å². The van der Waals surface area contributed by atoms with Crippen LogP contribution >= 0.6 is 0 Å². The maximum atomic E-state index is 12.4. The molecule has 0 radical (unpaired) electrons. The summed E-state index contributed by atoms with van der Waals surface area (Å²) in [5.74, 6) is 0.0820. The van der Waals surface area contributed by atoms with Crippen LogP contribution in [0.15, 0.2) is 42.5 Å². The number of hydrogen-bond donors (Lipinski definition) is 0. The third kappa shape index (κ3) is 1.68. The molecule has 1 aromatic carbocycles. The second kappa shape index (κ2) is 4.42. The highest BCUT2D eigenvalue weighted by Crippen LogP contribution is 2.31. The van der Waals surface area contributed by atoms with Crippen LogP contribution in [0, 0.1) is 0 Å². The molecule has 0 aliphatic carbocycles. The standard InChI is InChI=1S/C15H15NO2/c1-18-14-9-10-16-12(14)7-8-13(16)15(17)11-5-3-2-4-6-11/h2-8,14H,9-10H2,1H3. The summed E-state index contributed by atoms with van der Waals surface area (Å²) in [4.78, 5) is 12.4. The highest BCUT2D eigenvalue weighted by Gasteiger charge is 2.26. The van der Waals surface area contributed by atoms with E-state index < -0.39 is 0 Å². The Morgan fingerprint density at radius 2 is 2.00 bits per heavy atom. The molecular weight excluding hydrogens is 226 g/mol. The van der Waals surface area contributed by atoms with E-state index in [4.69, 9.17) is 4.74 Å². The molecule has 0 bridgehead atoms. The van der Waals surface area contributed by atoms with Crippen molar-refractivity contribution in [3.05, 3.63) is 59.4 Å². The maximum Gasteiger partial charge on any atom is 0.209 e. The smallest absolute Gasteiger partial charge is 0.209 e. The number of fused-ring (bicyclic) bond motifs is 1. The second-order valence-electron chi connectivity index (χ2n) is 4.50. The molecule has 0 amide bonds. The van der Waals surface area contributed by atoms with Gasteiger partial charge in [-0.3, -0.25) is 4.79 Å². The average molecular weight is 241 g/mol. The summed E-state index contributed by atoms with van der Waals surface area (Å²) in [7, 11) is 1.71. The van der Waals surface area contributed by atoms with Gasteiger partial charge >= 0.3 is 0 Å². The molecule has 3 nitrogen and oxygen atoms in total. The quantitative estimate of drug-likeness (QED) is 0.774. The molecule has 2 heterocycles. The van der Waals surface area contributed by atoms with Crippen LogP contribution < -0.4 is 0 Å². The van der Waals surface area contributed by atoms with E-state index in [0.29, 0.717) is 0 Å². The third-order valence-corrected chi connectivity index (χ3v) is 3.51. The normalized spacial score (nSPS) is 17.7. The van der Waals surface area contributed by atoms with Crippen molar-refractivity contribution in [3.63, 3.8) is 0 Å². The van der Waals surface area contributed by atoms with Gasteiger partial charge in [-0.2, -0.15) is 0 Å². The summed E-state index contributed by atoms with van der Waals surface area (Å²) >= 11 is 0. The fourth-order valence-corrected chi connectivity index (χ4v) is 2.58. The predicted octanol–water partition coefficient (Wildman–Crippen LogP) is 2.81. The summed E-state index contributed by atoms with van der Waals surface area (Å²) in [6.07, 6.45) is 1.07. The van der Waals surface area contributed by atoms with Gasteiger partial charge in [0.15, 0.2) is 0 Å². The van der Waals surface area contributed by atoms with Gasteiger partial charge in [0.25, 0.3) is 0 Å². The zero-order valence-electron chi connectivity index (χ0n) is 10.3. The number of aromatic nitrogens is 1. The minimum atomic E-state index is 0.0820. The third-order valence-electron chi connectivity index (χ3n) is 3.51. The van der Waals surface area contributed by atoms with E-state index in [2.05, 4.69) is 4.57 Å². The highest BCUT2D eigenvalue weighted by atomic mass is 16.5. The molecule has 0 saturated carbocycles. The Bertz CT molecular complexity index is 571. The lowest BCUT2D eigenvalue weighted by Gasteiger charge is -2.06. The molecule has 92 valence electrons. The molecule has 18 heavy (non-hydrogen) atoms. The molecule has 0 N–H and O–H groups in total. The molecule has 3 heteroatoms. The maximum absolute atomic E-state index is 12.4. The van der Waals surface area contributed by atoms with Crippen molar-refractivity contribution >= 4 is 5.78 Å². The first-order chi connectivity index (χ1) is 8.81. The molecule has 0 fully saturated rings. The molecule has 2 aromatic rings. The Hall–Kier alpha value is -1.87. The van der Waals surface area contributed by atoms with Crippen molar-refractivity contribution in [1.29, 1.82) is 0 Å². The minimum absolute atomic E-state index is 0.0820. The largest absolute Gasteiger partial charge is 0.375 e. The molecule has 1 aliphatic rings. The van der Waals surface area contributed by atoms with Crippen LogP contribution in [0.4, 0.5) is 0 Å². The number of ketones is 1. The first kappa shape index (κ1) is 11.2. The van der Waals surface area contributed by atoms with Gasteiger partial charge < -0.3 is 9.30 Å². The van der Waals surface area contributed by atoms with Crippen LogP contribution in [-0.2, 0) is 11.3 Å². The lowest BCUT2D eigenvalue weighted by molar-refractivity contribution is 0.103. The van der Waals surface area contributed by atoms with Gasteiger partial charge in [-0.1, -0.05) is 30.3 Å². The van der Waals surface area contributed by atoms with E-state index in [-0.39, 0.29) is 11.9 Å². The Morgan fingerprint density at radius 3 is 2.72 bits per heavy atom. The van der Waals surface area contributed by atoms with Crippen molar-refractivity contribution in [1.82, 2.24) is 4.57 Å².